The lowest BCUT2D eigenvalue weighted by Gasteiger charge is -2.20. The summed E-state index contributed by atoms with van der Waals surface area (Å²) in [5.74, 6) is -0.551. The lowest BCUT2D eigenvalue weighted by Crippen LogP contribution is -2.38. The largest absolute Gasteiger partial charge is 0.395 e. The molecule has 0 bridgehead atoms. The fourth-order valence-corrected chi connectivity index (χ4v) is 2.45. The van der Waals surface area contributed by atoms with Gasteiger partial charge in [0.05, 0.1) is 12.3 Å². The minimum atomic E-state index is -0.551. The zero-order valence-corrected chi connectivity index (χ0v) is 14.0. The van der Waals surface area contributed by atoms with Crippen molar-refractivity contribution in [3.63, 3.8) is 0 Å². The maximum atomic E-state index is 12.6. The summed E-state index contributed by atoms with van der Waals surface area (Å²) in [5.41, 5.74) is 0.543. The molecule has 2 rings (SSSR count). The Kier molecular flexibility index (Phi) is 5.89. The highest BCUT2D eigenvalue weighted by Gasteiger charge is 2.20. The molecule has 0 aliphatic rings. The van der Waals surface area contributed by atoms with E-state index in [2.05, 4.69) is 11.7 Å². The molecule has 24 heavy (non-hydrogen) atoms. The molecule has 0 unspecified atom stereocenters. The van der Waals surface area contributed by atoms with Gasteiger partial charge in [-0.2, -0.15) is 5.10 Å². The number of halogens is 1. The standard InChI is InChI=1S/C17H18ClN3O3/c1-3-7-20(8-9-22)17(24)16-15(23)10-12(2)21(19-16)14-6-4-5-13(18)11-14/h3-6,10-11,22H,1,7-9H2,2H3. The summed E-state index contributed by atoms with van der Waals surface area (Å²) in [4.78, 5) is 26.1. The molecule has 0 spiro atoms. The van der Waals surface area contributed by atoms with Gasteiger partial charge in [0.2, 0.25) is 5.43 Å². The number of amides is 1. The fraction of sp³-hybridized carbons (Fsp3) is 0.235. The molecule has 1 heterocycles. The summed E-state index contributed by atoms with van der Waals surface area (Å²) in [7, 11) is 0. The Labute approximate surface area is 144 Å². The summed E-state index contributed by atoms with van der Waals surface area (Å²) in [6.45, 7) is 5.39. The zero-order chi connectivity index (χ0) is 17.7. The van der Waals surface area contributed by atoms with Gasteiger partial charge in [-0.05, 0) is 25.1 Å². The SMILES string of the molecule is C=CCN(CCO)C(=O)c1nn(-c2cccc(Cl)c2)c(C)cc1=O. The van der Waals surface area contributed by atoms with E-state index in [1.54, 1.807) is 31.2 Å². The van der Waals surface area contributed by atoms with Gasteiger partial charge < -0.3 is 10.0 Å². The van der Waals surface area contributed by atoms with Crippen LogP contribution in [0.5, 0.6) is 0 Å². The molecule has 1 amide bonds. The number of aryl methyl sites for hydroxylation is 1. The summed E-state index contributed by atoms with van der Waals surface area (Å²) in [6.07, 6.45) is 1.53. The summed E-state index contributed by atoms with van der Waals surface area (Å²) in [6, 6.07) is 8.30. The van der Waals surface area contributed by atoms with Crippen LogP contribution in [0.25, 0.3) is 5.69 Å². The number of carbonyl (C=O) groups excluding carboxylic acids is 1. The first-order valence-corrected chi connectivity index (χ1v) is 7.73. The molecule has 1 N–H and O–H groups in total. The summed E-state index contributed by atoms with van der Waals surface area (Å²) < 4.78 is 1.49. The van der Waals surface area contributed by atoms with E-state index in [1.807, 2.05) is 0 Å². The average Bonchev–Trinajstić information content (AvgIpc) is 2.54. The molecule has 0 aliphatic heterocycles. The van der Waals surface area contributed by atoms with E-state index in [1.165, 1.54) is 21.7 Å². The minimum absolute atomic E-state index is 0.0943. The van der Waals surface area contributed by atoms with Gasteiger partial charge >= 0.3 is 0 Å². The van der Waals surface area contributed by atoms with Crippen LogP contribution in [0, 0.1) is 6.92 Å². The number of hydrogen-bond acceptors (Lipinski definition) is 4. The Balaban J connectivity index is 2.51. The first kappa shape index (κ1) is 17.9. The topological polar surface area (TPSA) is 75.4 Å². The Morgan fingerprint density at radius 1 is 1.46 bits per heavy atom. The van der Waals surface area contributed by atoms with Gasteiger partial charge in [-0.3, -0.25) is 9.59 Å². The lowest BCUT2D eigenvalue weighted by molar-refractivity contribution is 0.0733. The van der Waals surface area contributed by atoms with E-state index in [-0.39, 0.29) is 25.4 Å². The average molecular weight is 348 g/mol. The summed E-state index contributed by atoms with van der Waals surface area (Å²) >= 11 is 6.00. The van der Waals surface area contributed by atoms with E-state index in [0.29, 0.717) is 16.4 Å². The van der Waals surface area contributed by atoms with Crippen LogP contribution >= 0.6 is 11.6 Å². The molecule has 7 heteroatoms. The molecule has 0 radical (unpaired) electrons. The number of benzene rings is 1. The van der Waals surface area contributed by atoms with Gasteiger partial charge in [0.15, 0.2) is 5.69 Å². The van der Waals surface area contributed by atoms with E-state index in [4.69, 9.17) is 16.7 Å². The van der Waals surface area contributed by atoms with Crippen LogP contribution in [0.1, 0.15) is 16.2 Å². The number of hydrogen-bond donors (Lipinski definition) is 1. The van der Waals surface area contributed by atoms with Crippen molar-refractivity contribution < 1.29 is 9.90 Å². The molecule has 1 aromatic carbocycles. The summed E-state index contributed by atoms with van der Waals surface area (Å²) in [5, 5.41) is 13.8. The van der Waals surface area contributed by atoms with Crippen molar-refractivity contribution in [1.82, 2.24) is 14.7 Å². The Bertz CT molecular complexity index is 817. The lowest BCUT2D eigenvalue weighted by atomic mass is 10.2. The second-order valence-electron chi connectivity index (χ2n) is 5.15. The first-order chi connectivity index (χ1) is 11.5. The van der Waals surface area contributed by atoms with Gasteiger partial charge in [0, 0.05) is 29.9 Å². The Morgan fingerprint density at radius 3 is 2.83 bits per heavy atom. The number of aliphatic hydroxyl groups excluding tert-OH is 1. The van der Waals surface area contributed by atoms with Gasteiger partial charge in [-0.15, -0.1) is 6.58 Å². The maximum Gasteiger partial charge on any atom is 0.278 e. The third kappa shape index (κ3) is 3.90. The van der Waals surface area contributed by atoms with Crippen LogP contribution in [0.15, 0.2) is 47.8 Å². The first-order valence-electron chi connectivity index (χ1n) is 7.36. The highest BCUT2D eigenvalue weighted by atomic mass is 35.5. The van der Waals surface area contributed by atoms with Crippen LogP contribution in [0.2, 0.25) is 5.02 Å². The van der Waals surface area contributed by atoms with Crippen molar-refractivity contribution >= 4 is 17.5 Å². The maximum absolute atomic E-state index is 12.6. The third-order valence-corrected chi connectivity index (χ3v) is 3.60. The van der Waals surface area contributed by atoms with Crippen molar-refractivity contribution in [3.8, 4) is 5.69 Å². The minimum Gasteiger partial charge on any atom is -0.395 e. The molecular formula is C17H18ClN3O3. The van der Waals surface area contributed by atoms with E-state index in [9.17, 15) is 9.59 Å². The van der Waals surface area contributed by atoms with E-state index < -0.39 is 11.3 Å². The molecular weight excluding hydrogens is 330 g/mol. The Morgan fingerprint density at radius 2 is 2.21 bits per heavy atom. The van der Waals surface area contributed by atoms with Gasteiger partial charge in [-0.25, -0.2) is 4.68 Å². The van der Waals surface area contributed by atoms with Crippen molar-refractivity contribution in [1.29, 1.82) is 0 Å². The quantitative estimate of drug-likeness (QED) is 0.809. The van der Waals surface area contributed by atoms with Crippen LogP contribution in [-0.4, -0.2) is 45.4 Å². The van der Waals surface area contributed by atoms with Crippen molar-refractivity contribution in [2.24, 2.45) is 0 Å². The predicted molar refractivity (Wildman–Crippen MR) is 92.8 cm³/mol. The van der Waals surface area contributed by atoms with Crippen LogP contribution in [-0.2, 0) is 0 Å². The van der Waals surface area contributed by atoms with Gasteiger partial charge in [0.25, 0.3) is 5.91 Å². The fourth-order valence-electron chi connectivity index (χ4n) is 2.27. The van der Waals surface area contributed by atoms with Crippen LogP contribution < -0.4 is 5.43 Å². The highest BCUT2D eigenvalue weighted by molar-refractivity contribution is 6.30. The van der Waals surface area contributed by atoms with Crippen LogP contribution in [0.3, 0.4) is 0 Å². The Hall–Kier alpha value is -2.44. The van der Waals surface area contributed by atoms with Gasteiger partial charge in [-0.1, -0.05) is 23.7 Å². The number of nitrogens with zero attached hydrogens (tertiary/aromatic N) is 3. The highest BCUT2D eigenvalue weighted by Crippen LogP contribution is 2.15. The molecule has 1 aromatic heterocycles. The molecule has 0 saturated heterocycles. The number of aliphatic hydroxyl groups is 1. The number of aromatic nitrogens is 2. The van der Waals surface area contributed by atoms with Crippen molar-refractivity contribution in [2.45, 2.75) is 6.92 Å². The van der Waals surface area contributed by atoms with Crippen molar-refractivity contribution in [3.05, 3.63) is 69.6 Å². The molecule has 0 atom stereocenters. The van der Waals surface area contributed by atoms with Crippen LogP contribution in [0.4, 0.5) is 0 Å². The third-order valence-electron chi connectivity index (χ3n) is 3.37. The zero-order valence-electron chi connectivity index (χ0n) is 13.3. The molecule has 2 aromatic rings. The predicted octanol–water partition coefficient (Wildman–Crippen LogP) is 1.81. The van der Waals surface area contributed by atoms with E-state index >= 15 is 0 Å². The van der Waals surface area contributed by atoms with Gasteiger partial charge in [0.1, 0.15) is 0 Å². The molecule has 6 nitrogen and oxygen atoms in total. The second kappa shape index (κ2) is 7.90. The van der Waals surface area contributed by atoms with E-state index in [0.717, 1.165) is 0 Å². The van der Waals surface area contributed by atoms with Crippen molar-refractivity contribution in [2.75, 3.05) is 19.7 Å². The number of rotatable bonds is 6. The smallest absolute Gasteiger partial charge is 0.278 e. The molecule has 0 saturated carbocycles. The molecule has 0 fully saturated rings. The second-order valence-corrected chi connectivity index (χ2v) is 5.59. The molecule has 0 aliphatic carbocycles. The monoisotopic (exact) mass is 347 g/mol. The normalized spacial score (nSPS) is 10.5. The molecule has 126 valence electrons. The number of carbonyl (C=O) groups is 1.